The largest absolute Gasteiger partial charge is 0.292 e. The molecule has 3 heteroatoms. The van der Waals surface area contributed by atoms with Gasteiger partial charge in [-0.1, -0.05) is 176 Å². The molecule has 13 rings (SSSR count). The summed E-state index contributed by atoms with van der Waals surface area (Å²) in [6.07, 6.45) is 0. The molecule has 11 aromatic carbocycles. The summed E-state index contributed by atoms with van der Waals surface area (Å²) in [6.45, 7) is 0. The van der Waals surface area contributed by atoms with Crippen LogP contribution in [0.2, 0.25) is 0 Å². The van der Waals surface area contributed by atoms with Crippen LogP contribution in [-0.2, 0) is 0 Å². The molecule has 0 fully saturated rings. The van der Waals surface area contributed by atoms with Crippen molar-refractivity contribution in [3.05, 3.63) is 224 Å². The number of rotatable bonds is 5. The highest BCUT2D eigenvalue weighted by molar-refractivity contribution is 6.22. The van der Waals surface area contributed by atoms with Crippen molar-refractivity contribution in [3.63, 3.8) is 0 Å². The molecule has 2 heterocycles. The Morgan fingerprint density at radius 2 is 0.810 bits per heavy atom. The lowest BCUT2D eigenvalue weighted by molar-refractivity contribution is 1.10. The first kappa shape index (κ1) is 35.4. The molecule has 2 aromatic heterocycles. The Balaban J connectivity index is 1.15. The lowest BCUT2D eigenvalue weighted by Crippen LogP contribution is -1.97. The van der Waals surface area contributed by atoms with Crippen LogP contribution in [-0.4, -0.2) is 14.5 Å². The Hall–Kier alpha value is -8.40. The lowest BCUT2D eigenvalue weighted by Gasteiger charge is -2.18. The molecule has 63 heavy (non-hydrogen) atoms. The average Bonchev–Trinajstić information content (AvgIpc) is 3.75. The van der Waals surface area contributed by atoms with Gasteiger partial charge in [-0.3, -0.25) is 4.57 Å². The third-order valence-electron chi connectivity index (χ3n) is 12.9. The van der Waals surface area contributed by atoms with Crippen LogP contribution in [0.4, 0.5) is 0 Å². The fourth-order valence-electron chi connectivity index (χ4n) is 10.1. The molecule has 0 aliphatic heterocycles. The zero-order chi connectivity index (χ0) is 41.4. The first-order chi connectivity index (χ1) is 31.2. The van der Waals surface area contributed by atoms with Crippen molar-refractivity contribution < 1.29 is 0 Å². The fraction of sp³-hybridized carbons (Fsp3) is 0. The molecule has 0 amide bonds. The molecule has 0 bridgehead atoms. The standard InChI is InChI=1S/C60H37N3/c1-3-17-38(18-4-1)60-62-57-35-41(31-32-58(57)63(60)42-21-5-2-6-22-42)51-37-56(54-34-40-20-8-10-24-44(40)46-26-12-14-28-48(46)54)61-59-50-30-16-15-29-49(50)53(36-55(51)59)52-33-39-19-7-9-23-43(39)45-25-11-13-27-47(45)52/h1-37H. The van der Waals surface area contributed by atoms with Crippen LogP contribution >= 0.6 is 0 Å². The van der Waals surface area contributed by atoms with Crippen LogP contribution in [0, 0.1) is 0 Å². The van der Waals surface area contributed by atoms with Gasteiger partial charge in [0.25, 0.3) is 0 Å². The van der Waals surface area contributed by atoms with Crippen LogP contribution in [0.15, 0.2) is 224 Å². The number of pyridine rings is 1. The van der Waals surface area contributed by atoms with Crippen molar-refractivity contribution in [2.45, 2.75) is 0 Å². The number of fused-ring (bicyclic) bond motifs is 10. The van der Waals surface area contributed by atoms with E-state index in [-0.39, 0.29) is 0 Å². The monoisotopic (exact) mass is 799 g/mol. The average molecular weight is 800 g/mol. The van der Waals surface area contributed by atoms with Gasteiger partial charge in [-0.2, -0.15) is 0 Å². The number of para-hydroxylation sites is 1. The lowest BCUT2D eigenvalue weighted by atomic mass is 9.87. The maximum absolute atomic E-state index is 5.70. The van der Waals surface area contributed by atoms with Crippen LogP contribution in [0.3, 0.4) is 0 Å². The molecular weight excluding hydrogens is 763 g/mol. The number of aromatic nitrogens is 3. The van der Waals surface area contributed by atoms with Gasteiger partial charge in [0.15, 0.2) is 0 Å². The summed E-state index contributed by atoms with van der Waals surface area (Å²) in [5.41, 5.74) is 11.7. The highest BCUT2D eigenvalue weighted by Gasteiger charge is 2.21. The number of imidazole rings is 1. The maximum atomic E-state index is 5.70. The van der Waals surface area contributed by atoms with E-state index in [1.807, 2.05) is 0 Å². The zero-order valence-corrected chi connectivity index (χ0v) is 34.2. The van der Waals surface area contributed by atoms with E-state index in [1.54, 1.807) is 0 Å². The van der Waals surface area contributed by atoms with Crippen molar-refractivity contribution in [3.8, 4) is 50.6 Å². The maximum Gasteiger partial charge on any atom is 0.145 e. The Morgan fingerprint density at radius 1 is 0.302 bits per heavy atom. The molecule has 292 valence electrons. The molecule has 13 aromatic rings. The van der Waals surface area contributed by atoms with E-state index < -0.39 is 0 Å². The van der Waals surface area contributed by atoms with E-state index >= 15 is 0 Å². The molecule has 0 saturated carbocycles. The molecule has 0 spiro atoms. The number of hydrogen-bond acceptors (Lipinski definition) is 2. The predicted molar refractivity (Wildman–Crippen MR) is 266 cm³/mol. The summed E-state index contributed by atoms with van der Waals surface area (Å²) < 4.78 is 2.28. The van der Waals surface area contributed by atoms with Crippen molar-refractivity contribution in [1.29, 1.82) is 0 Å². The van der Waals surface area contributed by atoms with Gasteiger partial charge in [-0.25, -0.2) is 9.97 Å². The fourth-order valence-corrected chi connectivity index (χ4v) is 10.1. The van der Waals surface area contributed by atoms with Crippen LogP contribution in [0.1, 0.15) is 0 Å². The van der Waals surface area contributed by atoms with Gasteiger partial charge in [0, 0.05) is 27.6 Å². The van der Waals surface area contributed by atoms with Crippen molar-refractivity contribution in [2.24, 2.45) is 0 Å². The summed E-state index contributed by atoms with van der Waals surface area (Å²) in [6, 6.07) is 81.1. The van der Waals surface area contributed by atoms with E-state index in [1.165, 1.54) is 59.6 Å². The second kappa shape index (κ2) is 14.1. The van der Waals surface area contributed by atoms with E-state index in [0.717, 1.165) is 66.8 Å². The predicted octanol–water partition coefficient (Wildman–Crippen LogP) is 16.0. The number of nitrogens with zero attached hydrogens (tertiary/aromatic N) is 3. The van der Waals surface area contributed by atoms with E-state index in [9.17, 15) is 0 Å². The van der Waals surface area contributed by atoms with Gasteiger partial charge >= 0.3 is 0 Å². The Bertz CT molecular complexity index is 3960. The van der Waals surface area contributed by atoms with Gasteiger partial charge in [0.1, 0.15) is 5.82 Å². The Morgan fingerprint density at radius 3 is 1.48 bits per heavy atom. The zero-order valence-electron chi connectivity index (χ0n) is 34.2. The summed E-state index contributed by atoms with van der Waals surface area (Å²) in [7, 11) is 0. The normalized spacial score (nSPS) is 11.8. The Labute approximate surface area is 363 Å². The Kier molecular flexibility index (Phi) is 7.91. The van der Waals surface area contributed by atoms with E-state index in [0.29, 0.717) is 0 Å². The minimum absolute atomic E-state index is 0.910. The second-order valence-electron chi connectivity index (χ2n) is 16.5. The van der Waals surface area contributed by atoms with Gasteiger partial charge in [-0.15, -0.1) is 0 Å². The summed E-state index contributed by atoms with van der Waals surface area (Å²) in [5, 5.41) is 13.2. The molecule has 0 aliphatic rings. The van der Waals surface area contributed by atoms with Crippen molar-refractivity contribution >= 4 is 75.8 Å². The molecule has 0 aliphatic carbocycles. The highest BCUT2D eigenvalue weighted by atomic mass is 15.1. The quantitative estimate of drug-likeness (QED) is 0.162. The molecule has 0 radical (unpaired) electrons. The van der Waals surface area contributed by atoms with Crippen molar-refractivity contribution in [2.75, 3.05) is 0 Å². The number of benzene rings is 11. The van der Waals surface area contributed by atoms with Crippen LogP contribution in [0.5, 0.6) is 0 Å². The number of hydrogen-bond donors (Lipinski definition) is 0. The molecule has 3 nitrogen and oxygen atoms in total. The summed E-state index contributed by atoms with van der Waals surface area (Å²) >= 11 is 0. The topological polar surface area (TPSA) is 30.7 Å². The molecule has 0 saturated heterocycles. The van der Waals surface area contributed by atoms with Crippen molar-refractivity contribution in [1.82, 2.24) is 14.5 Å². The first-order valence-corrected chi connectivity index (χ1v) is 21.6. The molecule has 0 atom stereocenters. The third kappa shape index (κ3) is 5.60. The van der Waals surface area contributed by atoms with E-state index in [4.69, 9.17) is 9.97 Å². The molecule has 0 unspecified atom stereocenters. The highest BCUT2D eigenvalue weighted by Crippen LogP contribution is 2.45. The summed E-state index contributed by atoms with van der Waals surface area (Å²) in [5.74, 6) is 0.910. The summed E-state index contributed by atoms with van der Waals surface area (Å²) in [4.78, 5) is 11.1. The van der Waals surface area contributed by atoms with Gasteiger partial charge in [0.2, 0.25) is 0 Å². The third-order valence-corrected chi connectivity index (χ3v) is 12.9. The first-order valence-electron chi connectivity index (χ1n) is 21.6. The van der Waals surface area contributed by atoms with Gasteiger partial charge in [-0.05, 0) is 119 Å². The molecular formula is C60H37N3. The second-order valence-corrected chi connectivity index (χ2v) is 16.5. The van der Waals surface area contributed by atoms with E-state index in [2.05, 4.69) is 229 Å². The van der Waals surface area contributed by atoms with Crippen LogP contribution < -0.4 is 0 Å². The molecule has 0 N–H and O–H groups in total. The SMILES string of the molecule is c1ccc(-c2nc3cc(-c4cc(-c5cc6ccccc6c6ccccc56)nc5c4cc(-c4cc6ccccc6c6ccccc46)c4ccccc45)ccc3n2-c2ccccc2)cc1. The van der Waals surface area contributed by atoms with Crippen LogP contribution in [0.25, 0.3) is 126 Å². The minimum atomic E-state index is 0.910. The minimum Gasteiger partial charge on any atom is -0.292 e. The smallest absolute Gasteiger partial charge is 0.145 e. The van der Waals surface area contributed by atoms with Gasteiger partial charge in [0.05, 0.1) is 22.2 Å². The van der Waals surface area contributed by atoms with Gasteiger partial charge < -0.3 is 0 Å².